The van der Waals surface area contributed by atoms with E-state index in [0.29, 0.717) is 5.95 Å². The normalized spacial score (nSPS) is 11.6. The van der Waals surface area contributed by atoms with Crippen LogP contribution < -0.4 is 10.2 Å². The number of hydrogen-bond acceptors (Lipinski definition) is 5. The number of nitrogens with zero attached hydrogens (tertiary/aromatic N) is 4. The van der Waals surface area contributed by atoms with Gasteiger partial charge in [-0.1, -0.05) is 0 Å². The highest BCUT2D eigenvalue weighted by atomic mass is 15.3. The lowest BCUT2D eigenvalue weighted by Gasteiger charge is -2.23. The predicted molar refractivity (Wildman–Crippen MR) is 70.3 cm³/mol. The van der Waals surface area contributed by atoms with Crippen molar-refractivity contribution in [2.45, 2.75) is 40.2 Å². The Kier molecular flexibility index (Phi) is 4.40. The number of likely N-dealkylation sites (N-methyl/N-ethyl adjacent to an activating group) is 1. The van der Waals surface area contributed by atoms with Crippen molar-refractivity contribution in [1.82, 2.24) is 20.5 Å². The molecule has 0 spiro atoms. The van der Waals surface area contributed by atoms with Gasteiger partial charge in [-0.3, -0.25) is 0 Å². The van der Waals surface area contributed by atoms with Crippen molar-refractivity contribution in [1.29, 1.82) is 0 Å². The monoisotopic (exact) mass is 237 g/mol. The fourth-order valence-electron chi connectivity index (χ4n) is 1.31. The molecule has 1 rings (SSSR count). The minimum absolute atomic E-state index is 0.142. The van der Waals surface area contributed by atoms with Crippen LogP contribution in [-0.4, -0.2) is 40.9 Å². The highest BCUT2D eigenvalue weighted by molar-refractivity contribution is 5.28. The number of rotatable bonds is 4. The third-order valence-electron chi connectivity index (χ3n) is 2.52. The third-order valence-corrected chi connectivity index (χ3v) is 2.52. The van der Waals surface area contributed by atoms with Crippen molar-refractivity contribution in [3.05, 3.63) is 11.4 Å². The molecule has 17 heavy (non-hydrogen) atoms. The lowest BCUT2D eigenvalue weighted by molar-refractivity contribution is 0.430. The van der Waals surface area contributed by atoms with E-state index in [1.807, 2.05) is 25.8 Å². The maximum Gasteiger partial charge on any atom is 0.245 e. The summed E-state index contributed by atoms with van der Waals surface area (Å²) in [7, 11) is 1.98. The van der Waals surface area contributed by atoms with Gasteiger partial charge in [0.05, 0.1) is 11.4 Å². The van der Waals surface area contributed by atoms with Gasteiger partial charge in [0.2, 0.25) is 5.95 Å². The molecule has 0 aromatic carbocycles. The Labute approximate surface area is 104 Å². The maximum absolute atomic E-state index is 4.41. The van der Waals surface area contributed by atoms with Crippen LogP contribution in [0.2, 0.25) is 0 Å². The standard InChI is InChI=1S/C12H23N5/c1-9-10(2)15-16-11(14-9)17(6)8-7-13-12(3,4)5/h13H,7-8H2,1-6H3. The summed E-state index contributed by atoms with van der Waals surface area (Å²) in [6.07, 6.45) is 0. The molecule has 0 saturated heterocycles. The van der Waals surface area contributed by atoms with Crippen LogP contribution >= 0.6 is 0 Å². The quantitative estimate of drug-likeness (QED) is 0.855. The molecule has 0 amide bonds. The van der Waals surface area contributed by atoms with E-state index in [9.17, 15) is 0 Å². The van der Waals surface area contributed by atoms with Crippen LogP contribution in [0.5, 0.6) is 0 Å². The zero-order chi connectivity index (χ0) is 13.1. The molecule has 5 nitrogen and oxygen atoms in total. The van der Waals surface area contributed by atoms with Crippen LogP contribution in [0, 0.1) is 13.8 Å². The molecule has 0 aliphatic rings. The first kappa shape index (κ1) is 13.8. The molecule has 0 saturated carbocycles. The number of aryl methyl sites for hydroxylation is 2. The molecule has 0 aliphatic heterocycles. The molecular formula is C12H23N5. The Bertz CT molecular complexity index is 370. The Hall–Kier alpha value is -1.23. The van der Waals surface area contributed by atoms with E-state index in [1.165, 1.54) is 0 Å². The highest BCUT2D eigenvalue weighted by Crippen LogP contribution is 2.06. The molecule has 1 heterocycles. The van der Waals surface area contributed by atoms with Gasteiger partial charge in [0.25, 0.3) is 0 Å². The van der Waals surface area contributed by atoms with Crippen molar-refractivity contribution in [3.63, 3.8) is 0 Å². The summed E-state index contributed by atoms with van der Waals surface area (Å²) in [4.78, 5) is 6.42. The number of anilines is 1. The fourth-order valence-corrected chi connectivity index (χ4v) is 1.31. The van der Waals surface area contributed by atoms with Crippen LogP contribution in [0.25, 0.3) is 0 Å². The second-order valence-corrected chi connectivity index (χ2v) is 5.38. The summed E-state index contributed by atoms with van der Waals surface area (Å²) in [5.41, 5.74) is 1.96. The predicted octanol–water partition coefficient (Wildman–Crippen LogP) is 1.31. The summed E-state index contributed by atoms with van der Waals surface area (Å²) in [6.45, 7) is 12.1. The van der Waals surface area contributed by atoms with Gasteiger partial charge in [-0.25, -0.2) is 4.98 Å². The molecule has 1 aromatic rings. The fraction of sp³-hybridized carbons (Fsp3) is 0.750. The Morgan fingerprint density at radius 1 is 1.12 bits per heavy atom. The topological polar surface area (TPSA) is 53.9 Å². The van der Waals surface area contributed by atoms with Gasteiger partial charge in [0.1, 0.15) is 0 Å². The lowest BCUT2D eigenvalue weighted by Crippen LogP contribution is -2.41. The van der Waals surface area contributed by atoms with Crippen LogP contribution in [0.4, 0.5) is 5.95 Å². The van der Waals surface area contributed by atoms with Gasteiger partial charge >= 0.3 is 0 Å². The Balaban J connectivity index is 2.52. The molecule has 0 bridgehead atoms. The molecule has 0 aliphatic carbocycles. The summed E-state index contributed by atoms with van der Waals surface area (Å²) < 4.78 is 0. The van der Waals surface area contributed by atoms with Crippen molar-refractivity contribution in [3.8, 4) is 0 Å². The molecule has 5 heteroatoms. The summed E-state index contributed by atoms with van der Waals surface area (Å²) in [6, 6.07) is 0. The summed E-state index contributed by atoms with van der Waals surface area (Å²) in [5.74, 6) is 0.684. The van der Waals surface area contributed by atoms with E-state index >= 15 is 0 Å². The van der Waals surface area contributed by atoms with Crippen LogP contribution in [0.3, 0.4) is 0 Å². The number of aromatic nitrogens is 3. The minimum atomic E-state index is 0.142. The SMILES string of the molecule is Cc1nnc(N(C)CCNC(C)(C)C)nc1C. The van der Waals surface area contributed by atoms with Gasteiger partial charge < -0.3 is 10.2 Å². The third kappa shape index (κ3) is 4.65. The summed E-state index contributed by atoms with van der Waals surface area (Å²) >= 11 is 0. The molecule has 0 atom stereocenters. The van der Waals surface area contributed by atoms with Gasteiger partial charge in [-0.05, 0) is 34.6 Å². The van der Waals surface area contributed by atoms with Gasteiger partial charge in [0, 0.05) is 25.7 Å². The molecule has 96 valence electrons. The Morgan fingerprint density at radius 3 is 2.29 bits per heavy atom. The van der Waals surface area contributed by atoms with E-state index in [2.05, 4.69) is 41.3 Å². The molecule has 1 aromatic heterocycles. The first-order valence-corrected chi connectivity index (χ1v) is 5.94. The van der Waals surface area contributed by atoms with Gasteiger partial charge in [-0.15, -0.1) is 5.10 Å². The van der Waals surface area contributed by atoms with Crippen molar-refractivity contribution in [2.24, 2.45) is 0 Å². The van der Waals surface area contributed by atoms with Gasteiger partial charge in [-0.2, -0.15) is 5.10 Å². The average molecular weight is 237 g/mol. The van der Waals surface area contributed by atoms with Crippen LogP contribution in [0.1, 0.15) is 32.2 Å². The lowest BCUT2D eigenvalue weighted by atomic mass is 10.1. The van der Waals surface area contributed by atoms with Crippen molar-refractivity contribution >= 4 is 5.95 Å². The second kappa shape index (κ2) is 5.40. The van der Waals surface area contributed by atoms with E-state index < -0.39 is 0 Å². The molecular weight excluding hydrogens is 214 g/mol. The first-order valence-electron chi connectivity index (χ1n) is 5.94. The number of nitrogens with one attached hydrogen (secondary N) is 1. The minimum Gasteiger partial charge on any atom is -0.341 e. The van der Waals surface area contributed by atoms with Crippen molar-refractivity contribution in [2.75, 3.05) is 25.0 Å². The van der Waals surface area contributed by atoms with Crippen molar-refractivity contribution < 1.29 is 0 Å². The molecule has 0 fully saturated rings. The smallest absolute Gasteiger partial charge is 0.245 e. The Morgan fingerprint density at radius 2 is 1.76 bits per heavy atom. The first-order chi connectivity index (χ1) is 7.79. The van der Waals surface area contributed by atoms with E-state index in [1.54, 1.807) is 0 Å². The highest BCUT2D eigenvalue weighted by Gasteiger charge is 2.10. The molecule has 1 N–H and O–H groups in total. The van der Waals surface area contributed by atoms with E-state index in [-0.39, 0.29) is 5.54 Å². The van der Waals surface area contributed by atoms with Gasteiger partial charge in [0.15, 0.2) is 0 Å². The number of hydrogen-bond donors (Lipinski definition) is 1. The maximum atomic E-state index is 4.41. The van der Waals surface area contributed by atoms with Crippen LogP contribution in [0.15, 0.2) is 0 Å². The zero-order valence-electron chi connectivity index (χ0n) is 11.7. The summed E-state index contributed by atoms with van der Waals surface area (Å²) in [5, 5.41) is 11.6. The molecule has 0 radical (unpaired) electrons. The largest absolute Gasteiger partial charge is 0.341 e. The average Bonchev–Trinajstić information content (AvgIpc) is 2.20. The van der Waals surface area contributed by atoms with E-state index in [4.69, 9.17) is 0 Å². The van der Waals surface area contributed by atoms with E-state index in [0.717, 1.165) is 24.5 Å². The second-order valence-electron chi connectivity index (χ2n) is 5.38. The molecule has 0 unspecified atom stereocenters. The van der Waals surface area contributed by atoms with Crippen LogP contribution in [-0.2, 0) is 0 Å². The zero-order valence-corrected chi connectivity index (χ0v) is 11.7.